The SMILES string of the molecule is CN(C)CCOc1cccc2c1C(O)(c1ccccc1)c1ccccc1N2C. The van der Waals surface area contributed by atoms with Gasteiger partial charge >= 0.3 is 0 Å². The van der Waals surface area contributed by atoms with E-state index in [0.29, 0.717) is 12.4 Å². The fraction of sp³-hybridized carbons (Fsp3) is 0.250. The predicted octanol–water partition coefficient (Wildman–Crippen LogP) is 3.99. The van der Waals surface area contributed by atoms with Gasteiger partial charge < -0.3 is 19.6 Å². The summed E-state index contributed by atoms with van der Waals surface area (Å²) in [6.07, 6.45) is 0. The van der Waals surface area contributed by atoms with Crippen molar-refractivity contribution in [2.24, 2.45) is 0 Å². The number of aliphatic hydroxyl groups is 1. The van der Waals surface area contributed by atoms with E-state index >= 15 is 0 Å². The van der Waals surface area contributed by atoms with Gasteiger partial charge in [-0.25, -0.2) is 0 Å². The second kappa shape index (κ2) is 7.30. The zero-order valence-electron chi connectivity index (χ0n) is 16.6. The minimum atomic E-state index is -1.28. The Morgan fingerprint density at radius 1 is 0.893 bits per heavy atom. The van der Waals surface area contributed by atoms with Gasteiger partial charge in [-0.2, -0.15) is 0 Å². The van der Waals surface area contributed by atoms with Crippen molar-refractivity contribution in [1.29, 1.82) is 0 Å². The van der Waals surface area contributed by atoms with Crippen LogP contribution < -0.4 is 9.64 Å². The molecule has 3 aromatic rings. The summed E-state index contributed by atoms with van der Waals surface area (Å²) in [5.41, 5.74) is 3.15. The number of likely N-dealkylation sites (N-methyl/N-ethyl adjacent to an activating group) is 1. The molecule has 0 radical (unpaired) electrons. The van der Waals surface area contributed by atoms with E-state index in [-0.39, 0.29) is 0 Å². The maximum absolute atomic E-state index is 12.2. The van der Waals surface area contributed by atoms with Gasteiger partial charge in [0.05, 0.1) is 11.3 Å². The van der Waals surface area contributed by atoms with Crippen molar-refractivity contribution in [2.75, 3.05) is 39.2 Å². The van der Waals surface area contributed by atoms with Crippen LogP contribution in [0.3, 0.4) is 0 Å². The third kappa shape index (κ3) is 2.95. The first-order valence-corrected chi connectivity index (χ1v) is 9.55. The number of ether oxygens (including phenoxy) is 1. The maximum atomic E-state index is 12.2. The van der Waals surface area contributed by atoms with Crippen LogP contribution in [-0.4, -0.2) is 44.3 Å². The van der Waals surface area contributed by atoms with Gasteiger partial charge in [0, 0.05) is 24.8 Å². The highest BCUT2D eigenvalue weighted by molar-refractivity contribution is 5.81. The topological polar surface area (TPSA) is 35.9 Å². The molecule has 0 aromatic heterocycles. The fourth-order valence-corrected chi connectivity index (χ4v) is 3.94. The van der Waals surface area contributed by atoms with Gasteiger partial charge in [-0.3, -0.25) is 0 Å². The maximum Gasteiger partial charge on any atom is 0.148 e. The molecule has 28 heavy (non-hydrogen) atoms. The molecule has 0 fully saturated rings. The van der Waals surface area contributed by atoms with E-state index in [0.717, 1.165) is 34.6 Å². The molecule has 0 spiro atoms. The van der Waals surface area contributed by atoms with Crippen LogP contribution >= 0.6 is 0 Å². The number of anilines is 2. The number of hydrogen-bond acceptors (Lipinski definition) is 4. The van der Waals surface area contributed by atoms with Crippen molar-refractivity contribution >= 4 is 11.4 Å². The molecule has 1 heterocycles. The molecule has 144 valence electrons. The quantitative estimate of drug-likeness (QED) is 0.732. The molecule has 3 aromatic carbocycles. The number of fused-ring (bicyclic) bond motifs is 2. The van der Waals surface area contributed by atoms with E-state index in [2.05, 4.69) is 9.80 Å². The van der Waals surface area contributed by atoms with Crippen molar-refractivity contribution in [3.63, 3.8) is 0 Å². The Kier molecular flexibility index (Phi) is 4.84. The van der Waals surface area contributed by atoms with Crippen molar-refractivity contribution in [3.05, 3.63) is 89.5 Å². The zero-order chi connectivity index (χ0) is 19.7. The van der Waals surface area contributed by atoms with E-state index in [9.17, 15) is 5.11 Å². The summed E-state index contributed by atoms with van der Waals surface area (Å²) in [6.45, 7) is 1.36. The molecular weight excluding hydrogens is 348 g/mol. The van der Waals surface area contributed by atoms with Crippen molar-refractivity contribution in [1.82, 2.24) is 4.90 Å². The summed E-state index contributed by atoms with van der Waals surface area (Å²) in [4.78, 5) is 4.21. The number of para-hydroxylation sites is 1. The van der Waals surface area contributed by atoms with Crippen molar-refractivity contribution in [3.8, 4) is 5.75 Å². The van der Waals surface area contributed by atoms with Crippen molar-refractivity contribution < 1.29 is 9.84 Å². The second-order valence-electron chi connectivity index (χ2n) is 7.45. The third-order valence-corrected chi connectivity index (χ3v) is 5.37. The Hall–Kier alpha value is -2.82. The predicted molar refractivity (Wildman–Crippen MR) is 114 cm³/mol. The lowest BCUT2D eigenvalue weighted by molar-refractivity contribution is 0.119. The zero-order valence-corrected chi connectivity index (χ0v) is 16.6. The summed E-state index contributed by atoms with van der Waals surface area (Å²) in [7, 11) is 6.08. The van der Waals surface area contributed by atoms with Crippen LogP contribution in [0.5, 0.6) is 5.75 Å². The van der Waals surface area contributed by atoms with Gasteiger partial charge in [0.2, 0.25) is 0 Å². The van der Waals surface area contributed by atoms with Crippen LogP contribution in [0.1, 0.15) is 16.7 Å². The number of hydrogen-bond donors (Lipinski definition) is 1. The monoisotopic (exact) mass is 374 g/mol. The lowest BCUT2D eigenvalue weighted by atomic mass is 9.75. The van der Waals surface area contributed by atoms with E-state index in [1.54, 1.807) is 0 Å². The normalized spacial score (nSPS) is 18.0. The van der Waals surface area contributed by atoms with Gasteiger partial charge in [-0.1, -0.05) is 54.6 Å². The van der Waals surface area contributed by atoms with Crippen LogP contribution in [0.2, 0.25) is 0 Å². The molecular formula is C24H26N2O2. The molecule has 4 rings (SSSR count). The first kappa shape index (κ1) is 18.5. The van der Waals surface area contributed by atoms with Crippen molar-refractivity contribution in [2.45, 2.75) is 5.60 Å². The Balaban J connectivity index is 1.93. The summed E-state index contributed by atoms with van der Waals surface area (Å²) in [5.74, 6) is 0.715. The molecule has 4 heteroatoms. The molecule has 0 aliphatic carbocycles. The minimum Gasteiger partial charge on any atom is -0.492 e. The molecule has 0 amide bonds. The van der Waals surface area contributed by atoms with Gasteiger partial charge in [0.25, 0.3) is 0 Å². The minimum absolute atomic E-state index is 0.555. The van der Waals surface area contributed by atoms with Crippen LogP contribution in [0, 0.1) is 0 Å². The van der Waals surface area contributed by atoms with E-state index < -0.39 is 5.60 Å². The summed E-state index contributed by atoms with van der Waals surface area (Å²) in [5, 5.41) is 12.2. The molecule has 1 N–H and O–H groups in total. The smallest absolute Gasteiger partial charge is 0.148 e. The largest absolute Gasteiger partial charge is 0.492 e. The summed E-state index contributed by atoms with van der Waals surface area (Å²) in [6, 6.07) is 23.8. The molecule has 0 bridgehead atoms. The average Bonchev–Trinajstić information content (AvgIpc) is 2.72. The van der Waals surface area contributed by atoms with Crippen LogP contribution in [0.4, 0.5) is 11.4 Å². The molecule has 4 nitrogen and oxygen atoms in total. The Morgan fingerprint density at radius 2 is 1.57 bits per heavy atom. The van der Waals surface area contributed by atoms with E-state index in [1.165, 1.54) is 0 Å². The standard InChI is InChI=1S/C24H26N2O2/c1-25(2)16-17-28-22-15-9-14-21-23(22)24(27,18-10-5-4-6-11-18)19-12-7-8-13-20(19)26(21)3/h4-15,27H,16-17H2,1-3H3. The molecule has 1 aliphatic heterocycles. The molecule has 1 unspecified atom stereocenters. The Morgan fingerprint density at radius 3 is 2.32 bits per heavy atom. The average molecular weight is 374 g/mol. The van der Waals surface area contributed by atoms with E-state index in [4.69, 9.17) is 4.74 Å². The Labute approximate surface area is 166 Å². The van der Waals surface area contributed by atoms with Gasteiger partial charge in [0.15, 0.2) is 0 Å². The third-order valence-electron chi connectivity index (χ3n) is 5.37. The number of benzene rings is 3. The van der Waals surface area contributed by atoms with Gasteiger partial charge in [-0.15, -0.1) is 0 Å². The van der Waals surface area contributed by atoms with Crippen LogP contribution in [0.15, 0.2) is 72.8 Å². The van der Waals surface area contributed by atoms with Crippen LogP contribution in [-0.2, 0) is 5.60 Å². The van der Waals surface area contributed by atoms with Gasteiger partial charge in [0.1, 0.15) is 18.0 Å². The Bertz CT molecular complexity index is 971. The number of rotatable bonds is 5. The summed E-state index contributed by atoms with van der Waals surface area (Å²) >= 11 is 0. The summed E-state index contributed by atoms with van der Waals surface area (Å²) < 4.78 is 6.17. The number of nitrogens with zero attached hydrogens (tertiary/aromatic N) is 2. The van der Waals surface area contributed by atoms with E-state index in [1.807, 2.05) is 93.9 Å². The highest BCUT2D eigenvalue weighted by Crippen LogP contribution is 2.53. The highest BCUT2D eigenvalue weighted by Gasteiger charge is 2.44. The molecule has 0 saturated carbocycles. The first-order valence-electron chi connectivity index (χ1n) is 9.55. The lowest BCUT2D eigenvalue weighted by Gasteiger charge is -2.42. The van der Waals surface area contributed by atoms with Gasteiger partial charge in [-0.05, 0) is 37.9 Å². The fourth-order valence-electron chi connectivity index (χ4n) is 3.94. The second-order valence-corrected chi connectivity index (χ2v) is 7.45. The molecule has 0 saturated heterocycles. The lowest BCUT2D eigenvalue weighted by Crippen LogP contribution is -2.37. The van der Waals surface area contributed by atoms with Crippen LogP contribution in [0.25, 0.3) is 0 Å². The molecule has 1 aliphatic rings. The molecule has 1 atom stereocenters. The first-order chi connectivity index (χ1) is 13.5. The highest BCUT2D eigenvalue weighted by atomic mass is 16.5.